The van der Waals surface area contributed by atoms with E-state index in [1.54, 1.807) is 12.1 Å². The van der Waals surface area contributed by atoms with Gasteiger partial charge in [0.25, 0.3) is 0 Å². The summed E-state index contributed by atoms with van der Waals surface area (Å²) in [4.78, 5) is 16.3. The number of carboxylic acid groups (broad SMARTS) is 1. The molecule has 0 aliphatic carbocycles. The highest BCUT2D eigenvalue weighted by atomic mass is 32.2. The Bertz CT molecular complexity index is 1340. The third-order valence-corrected chi connectivity index (χ3v) is 6.46. The fraction of sp³-hybridized carbons (Fsp3) is 0.0556. The number of aromatic carboxylic acids is 1. The first-order chi connectivity index (χ1) is 13.1. The van der Waals surface area contributed by atoms with Crippen LogP contribution in [0.2, 0.25) is 0 Å². The van der Waals surface area contributed by atoms with Crippen LogP contribution in [0, 0.1) is 5.82 Å². The van der Waals surface area contributed by atoms with Crippen molar-refractivity contribution in [1.29, 1.82) is 0 Å². The molecule has 0 atom stereocenters. The van der Waals surface area contributed by atoms with Crippen LogP contribution in [0.15, 0.2) is 47.6 Å². The van der Waals surface area contributed by atoms with Crippen LogP contribution in [-0.4, -0.2) is 30.7 Å². The summed E-state index contributed by atoms with van der Waals surface area (Å²) in [5.74, 6) is -0.563. The molecule has 5 aromatic rings. The first-order valence-electron chi connectivity index (χ1n) is 8.01. The van der Waals surface area contributed by atoms with Crippen LogP contribution < -0.4 is 0 Å². The number of hydrogen-bond donors (Lipinski definition) is 2. The van der Waals surface area contributed by atoms with Crippen molar-refractivity contribution in [3.05, 3.63) is 58.7 Å². The second kappa shape index (κ2) is 6.07. The highest BCUT2D eigenvalue weighted by Crippen LogP contribution is 2.37. The third-order valence-electron chi connectivity index (χ3n) is 4.31. The molecule has 0 bridgehead atoms. The van der Waals surface area contributed by atoms with Gasteiger partial charge in [-0.3, -0.25) is 4.40 Å². The van der Waals surface area contributed by atoms with Gasteiger partial charge in [0.2, 0.25) is 5.78 Å². The Balaban J connectivity index is 1.60. The molecule has 3 heterocycles. The average molecular weight is 398 g/mol. The molecule has 0 amide bonds. The summed E-state index contributed by atoms with van der Waals surface area (Å²) in [6, 6.07) is 12.4. The van der Waals surface area contributed by atoms with E-state index in [4.69, 9.17) is 0 Å². The number of rotatable bonds is 4. The van der Waals surface area contributed by atoms with Gasteiger partial charge in [-0.05, 0) is 29.8 Å². The summed E-state index contributed by atoms with van der Waals surface area (Å²) in [6.45, 7) is 0. The second-order valence-corrected chi connectivity index (χ2v) is 7.88. The summed E-state index contributed by atoms with van der Waals surface area (Å²) in [6.07, 6.45) is 0. The molecule has 3 aromatic heterocycles. The lowest BCUT2D eigenvalue weighted by molar-refractivity contribution is 0.0701. The summed E-state index contributed by atoms with van der Waals surface area (Å²) >= 11 is 2.44. The van der Waals surface area contributed by atoms with Crippen LogP contribution in [-0.2, 0) is 5.75 Å². The Morgan fingerprint density at radius 3 is 2.96 bits per heavy atom. The molecule has 6 nitrogen and oxygen atoms in total. The lowest BCUT2D eigenvalue weighted by atomic mass is 10.1. The molecule has 0 fully saturated rings. The Hall–Kier alpha value is -2.91. The number of thioether (sulfide) groups is 1. The average Bonchev–Trinajstić information content (AvgIpc) is 3.32. The number of para-hydroxylation sites is 2. The van der Waals surface area contributed by atoms with Gasteiger partial charge in [0, 0.05) is 15.8 Å². The SMILES string of the molecule is O=C(O)c1sc2cccc(F)c2c1CSc1n[nH]c2nc3ccccc3n12. The quantitative estimate of drug-likeness (QED) is 0.434. The van der Waals surface area contributed by atoms with Crippen molar-refractivity contribution in [3.8, 4) is 0 Å². The molecule has 0 spiro atoms. The number of benzene rings is 2. The molecular formula is C18H11FN4O2S2. The molecule has 0 saturated carbocycles. The molecule has 0 saturated heterocycles. The van der Waals surface area contributed by atoms with Crippen molar-refractivity contribution < 1.29 is 14.3 Å². The number of thiophene rings is 1. The largest absolute Gasteiger partial charge is 0.477 e. The lowest BCUT2D eigenvalue weighted by Gasteiger charge is -2.02. The van der Waals surface area contributed by atoms with Gasteiger partial charge in [0.05, 0.1) is 11.0 Å². The maximum atomic E-state index is 14.4. The van der Waals surface area contributed by atoms with Crippen LogP contribution in [0.4, 0.5) is 4.39 Å². The summed E-state index contributed by atoms with van der Waals surface area (Å²) < 4.78 is 16.9. The molecule has 0 aliphatic heterocycles. The zero-order valence-corrected chi connectivity index (χ0v) is 15.3. The van der Waals surface area contributed by atoms with Crippen LogP contribution >= 0.6 is 23.1 Å². The van der Waals surface area contributed by atoms with Crippen molar-refractivity contribution in [2.24, 2.45) is 0 Å². The van der Waals surface area contributed by atoms with E-state index < -0.39 is 11.8 Å². The first kappa shape index (κ1) is 16.3. The number of aromatic amines is 1. The van der Waals surface area contributed by atoms with Crippen molar-refractivity contribution in [2.45, 2.75) is 10.9 Å². The Labute approximate surface area is 159 Å². The third kappa shape index (κ3) is 2.50. The molecule has 5 rings (SSSR count). The predicted molar refractivity (Wildman–Crippen MR) is 103 cm³/mol. The molecule has 2 N–H and O–H groups in total. The van der Waals surface area contributed by atoms with E-state index in [0.717, 1.165) is 22.4 Å². The van der Waals surface area contributed by atoms with Gasteiger partial charge in [0.15, 0.2) is 5.16 Å². The van der Waals surface area contributed by atoms with Gasteiger partial charge >= 0.3 is 5.97 Å². The van der Waals surface area contributed by atoms with Gasteiger partial charge in [-0.25, -0.2) is 19.3 Å². The van der Waals surface area contributed by atoms with E-state index in [2.05, 4.69) is 15.2 Å². The summed E-state index contributed by atoms with van der Waals surface area (Å²) in [5.41, 5.74) is 2.22. The monoisotopic (exact) mass is 398 g/mol. The maximum Gasteiger partial charge on any atom is 0.346 e. The zero-order chi connectivity index (χ0) is 18.5. The van der Waals surface area contributed by atoms with Gasteiger partial charge in [0.1, 0.15) is 10.7 Å². The Morgan fingerprint density at radius 1 is 1.26 bits per heavy atom. The van der Waals surface area contributed by atoms with E-state index in [1.807, 2.05) is 28.7 Å². The molecule has 0 aliphatic rings. The molecule has 9 heteroatoms. The number of aromatic nitrogens is 4. The van der Waals surface area contributed by atoms with Crippen molar-refractivity contribution in [2.75, 3.05) is 0 Å². The predicted octanol–water partition coefficient (Wildman–Crippen LogP) is 4.55. The second-order valence-electron chi connectivity index (χ2n) is 5.88. The van der Waals surface area contributed by atoms with Crippen LogP contribution in [0.25, 0.3) is 26.9 Å². The standard InChI is InChI=1S/C18H11FN4O2S2/c19-10-4-3-7-13-14(10)9(15(27-13)16(24)25)8-26-18-22-21-17-20-11-5-1-2-6-12(11)23(17)18/h1-7H,8H2,(H,20,21)(H,24,25). The van der Waals surface area contributed by atoms with Gasteiger partial charge in [-0.2, -0.15) is 0 Å². The number of H-pyrrole nitrogens is 1. The highest BCUT2D eigenvalue weighted by Gasteiger charge is 2.21. The number of carboxylic acids is 1. The molecule has 27 heavy (non-hydrogen) atoms. The van der Waals surface area contributed by atoms with Gasteiger partial charge in [-0.1, -0.05) is 30.0 Å². The smallest absolute Gasteiger partial charge is 0.346 e. The normalized spacial score (nSPS) is 11.7. The van der Waals surface area contributed by atoms with Crippen LogP contribution in [0.1, 0.15) is 15.2 Å². The van der Waals surface area contributed by atoms with Crippen LogP contribution in [0.5, 0.6) is 0 Å². The van der Waals surface area contributed by atoms with E-state index >= 15 is 0 Å². The number of halogens is 1. The maximum absolute atomic E-state index is 14.4. The molecule has 0 radical (unpaired) electrons. The zero-order valence-electron chi connectivity index (χ0n) is 13.6. The van der Waals surface area contributed by atoms with E-state index in [0.29, 0.717) is 26.6 Å². The molecule has 0 unspecified atom stereocenters. The molecule has 134 valence electrons. The van der Waals surface area contributed by atoms with Crippen molar-refractivity contribution in [3.63, 3.8) is 0 Å². The van der Waals surface area contributed by atoms with Crippen LogP contribution in [0.3, 0.4) is 0 Å². The molecular weight excluding hydrogens is 387 g/mol. The number of fused-ring (bicyclic) bond motifs is 4. The number of imidazole rings is 1. The molecule has 2 aromatic carbocycles. The summed E-state index contributed by atoms with van der Waals surface area (Å²) in [5, 5.41) is 17.7. The summed E-state index contributed by atoms with van der Waals surface area (Å²) in [7, 11) is 0. The minimum Gasteiger partial charge on any atom is -0.477 e. The van der Waals surface area contributed by atoms with E-state index in [9.17, 15) is 14.3 Å². The van der Waals surface area contributed by atoms with E-state index in [-0.39, 0.29) is 10.6 Å². The fourth-order valence-corrected chi connectivity index (χ4v) is 5.31. The Morgan fingerprint density at radius 2 is 2.11 bits per heavy atom. The van der Waals surface area contributed by atoms with Crippen molar-refractivity contribution in [1.82, 2.24) is 19.6 Å². The number of nitrogens with one attached hydrogen (secondary N) is 1. The van der Waals surface area contributed by atoms with Gasteiger partial charge in [-0.15, -0.1) is 16.4 Å². The van der Waals surface area contributed by atoms with Gasteiger partial charge < -0.3 is 5.11 Å². The first-order valence-corrected chi connectivity index (χ1v) is 9.81. The number of hydrogen-bond acceptors (Lipinski definition) is 5. The minimum absolute atomic E-state index is 0.157. The fourth-order valence-electron chi connectivity index (χ4n) is 3.15. The number of nitrogens with zero attached hydrogens (tertiary/aromatic N) is 3. The minimum atomic E-state index is -1.05. The Kier molecular flexibility index (Phi) is 3.66. The highest BCUT2D eigenvalue weighted by molar-refractivity contribution is 7.98. The van der Waals surface area contributed by atoms with Crippen molar-refractivity contribution >= 4 is 56.0 Å². The van der Waals surface area contributed by atoms with E-state index in [1.165, 1.54) is 17.8 Å². The topological polar surface area (TPSA) is 83.3 Å². The lowest BCUT2D eigenvalue weighted by Crippen LogP contribution is -1.98. The number of carbonyl (C=O) groups is 1.